The number of pyridine rings is 2. The molecule has 0 aliphatic rings. The largest absolute Gasteiger partial charge is 0.475 e. The molecule has 0 radical (unpaired) electrons. The van der Waals surface area contributed by atoms with Gasteiger partial charge >= 0.3 is 0 Å². The fourth-order valence-electron chi connectivity index (χ4n) is 3.19. The number of benzene rings is 1. The number of rotatable bonds is 10. The maximum Gasteiger partial charge on any atom is 0.240 e. The molecule has 3 rings (SSSR count). The normalized spacial score (nSPS) is 11.0. The zero-order valence-electron chi connectivity index (χ0n) is 17.8. The van der Waals surface area contributed by atoms with E-state index in [0.717, 1.165) is 5.56 Å². The van der Waals surface area contributed by atoms with Crippen LogP contribution in [0.1, 0.15) is 12.0 Å². The van der Waals surface area contributed by atoms with Crippen molar-refractivity contribution < 1.29 is 23.0 Å². The summed E-state index contributed by atoms with van der Waals surface area (Å²) in [4.78, 5) is 8.72. The molecule has 0 saturated heterocycles. The smallest absolute Gasteiger partial charge is 0.240 e. The molecule has 170 valence electrons. The van der Waals surface area contributed by atoms with Gasteiger partial charge in [0.25, 0.3) is 0 Å². The first-order chi connectivity index (χ1) is 15.4. The molecule has 0 aliphatic carbocycles. The van der Waals surface area contributed by atoms with Gasteiger partial charge in [-0.1, -0.05) is 0 Å². The van der Waals surface area contributed by atoms with Crippen LogP contribution in [0, 0.1) is 12.7 Å². The van der Waals surface area contributed by atoms with Gasteiger partial charge in [-0.2, -0.15) is 0 Å². The van der Waals surface area contributed by atoms with Crippen molar-refractivity contribution in [3.05, 3.63) is 54.0 Å². The summed E-state index contributed by atoms with van der Waals surface area (Å²) in [6.45, 7) is 1.61. The molecule has 1 aromatic carbocycles. The first-order valence-electron chi connectivity index (χ1n) is 10.1. The van der Waals surface area contributed by atoms with E-state index in [9.17, 15) is 13.2 Å². The van der Waals surface area contributed by atoms with Gasteiger partial charge in [0, 0.05) is 37.8 Å². The molecule has 0 fully saturated rings. The van der Waals surface area contributed by atoms with Crippen molar-refractivity contribution in [1.29, 1.82) is 0 Å². The first-order valence-corrected chi connectivity index (χ1v) is 10.1. The lowest BCUT2D eigenvalue weighted by Crippen LogP contribution is -2.08. The highest BCUT2D eigenvalue weighted by Crippen LogP contribution is 2.33. The molecule has 0 saturated carbocycles. The van der Waals surface area contributed by atoms with Crippen molar-refractivity contribution in [2.75, 3.05) is 37.4 Å². The monoisotopic (exact) mass is 446 g/mol. The van der Waals surface area contributed by atoms with Crippen LogP contribution in [0.5, 0.6) is 5.88 Å². The Labute approximate surface area is 184 Å². The van der Waals surface area contributed by atoms with E-state index in [4.69, 9.17) is 9.84 Å². The fraction of sp³-hybridized carbons (Fsp3) is 0.304. The van der Waals surface area contributed by atoms with Crippen LogP contribution >= 0.6 is 0 Å². The lowest BCUT2D eigenvalue weighted by Gasteiger charge is -2.15. The maximum absolute atomic E-state index is 14.4. The van der Waals surface area contributed by atoms with Crippen molar-refractivity contribution >= 4 is 11.5 Å². The van der Waals surface area contributed by atoms with Gasteiger partial charge in [-0.15, -0.1) is 0 Å². The predicted octanol–water partition coefficient (Wildman–Crippen LogP) is 4.74. The van der Waals surface area contributed by atoms with Gasteiger partial charge in [0.1, 0.15) is 18.2 Å². The Morgan fingerprint density at radius 2 is 1.94 bits per heavy atom. The molecule has 6 nitrogen and oxygen atoms in total. The minimum atomic E-state index is -2.47. The van der Waals surface area contributed by atoms with Crippen molar-refractivity contribution in [3.63, 3.8) is 0 Å². The summed E-state index contributed by atoms with van der Waals surface area (Å²) >= 11 is 0. The Hall–Kier alpha value is -3.33. The Kier molecular flexibility index (Phi) is 7.88. The average molecular weight is 446 g/mol. The standard InChI is InChI=1S/C23H25F3N4O2/c1-14-9-18(24)20(28-6-4-21(25)26)13-17(14)16-10-19(30-23(12-16)32-8-7-31)15-3-5-29-22(11-15)27-2/h3,5,9-13,21,28,31H,4,6-8H2,1-2H3,(H,27,29). The number of nitrogens with one attached hydrogen (secondary N) is 2. The number of anilines is 2. The first kappa shape index (κ1) is 23.3. The summed E-state index contributed by atoms with van der Waals surface area (Å²) in [6.07, 6.45) is -1.19. The molecule has 3 aromatic rings. The van der Waals surface area contributed by atoms with Gasteiger partial charge in [0.05, 0.1) is 18.0 Å². The van der Waals surface area contributed by atoms with E-state index in [2.05, 4.69) is 20.6 Å². The van der Waals surface area contributed by atoms with Crippen LogP contribution in [0.25, 0.3) is 22.4 Å². The second-order valence-corrected chi connectivity index (χ2v) is 7.08. The third-order valence-electron chi connectivity index (χ3n) is 4.76. The number of ether oxygens (including phenoxy) is 1. The van der Waals surface area contributed by atoms with Gasteiger partial charge in [-0.25, -0.2) is 23.1 Å². The number of aliphatic hydroxyl groups is 1. The van der Waals surface area contributed by atoms with Crippen LogP contribution in [0.4, 0.5) is 24.7 Å². The van der Waals surface area contributed by atoms with Gasteiger partial charge in [-0.05, 0) is 53.9 Å². The quantitative estimate of drug-likeness (QED) is 0.418. The molecule has 0 aliphatic heterocycles. The van der Waals surface area contributed by atoms with E-state index in [0.29, 0.717) is 34.1 Å². The van der Waals surface area contributed by atoms with Crippen molar-refractivity contribution in [3.8, 4) is 28.3 Å². The summed E-state index contributed by atoms with van der Waals surface area (Å²) < 4.78 is 44.9. The molecule has 3 N–H and O–H groups in total. The molecule has 32 heavy (non-hydrogen) atoms. The zero-order valence-corrected chi connectivity index (χ0v) is 17.8. The maximum atomic E-state index is 14.4. The minimum absolute atomic E-state index is 0.0483. The lowest BCUT2D eigenvalue weighted by molar-refractivity contribution is 0.142. The molecule has 2 aromatic heterocycles. The third kappa shape index (κ3) is 5.88. The van der Waals surface area contributed by atoms with Crippen LogP contribution < -0.4 is 15.4 Å². The third-order valence-corrected chi connectivity index (χ3v) is 4.76. The topological polar surface area (TPSA) is 79.3 Å². The Balaban J connectivity index is 2.05. The number of halogens is 3. The number of aromatic nitrogens is 2. The SMILES string of the molecule is CNc1cc(-c2cc(-c3cc(NCCC(F)F)c(F)cc3C)cc(OCCO)n2)ccn1. The molecule has 0 amide bonds. The van der Waals surface area contributed by atoms with Gasteiger partial charge in [-0.3, -0.25) is 0 Å². The number of aryl methyl sites for hydroxylation is 1. The van der Waals surface area contributed by atoms with Crippen LogP contribution in [-0.2, 0) is 0 Å². The molecule has 0 spiro atoms. The second kappa shape index (κ2) is 10.8. The van der Waals surface area contributed by atoms with Crippen LogP contribution in [-0.4, -0.2) is 48.3 Å². The lowest BCUT2D eigenvalue weighted by atomic mass is 9.98. The second-order valence-electron chi connectivity index (χ2n) is 7.08. The predicted molar refractivity (Wildman–Crippen MR) is 119 cm³/mol. The molecule has 9 heteroatoms. The summed E-state index contributed by atoms with van der Waals surface area (Å²) in [6, 6.07) is 10.1. The van der Waals surface area contributed by atoms with Gasteiger partial charge in [0.2, 0.25) is 12.3 Å². The summed E-state index contributed by atoms with van der Waals surface area (Å²) in [5.41, 5.74) is 3.61. The highest BCUT2D eigenvalue weighted by molar-refractivity contribution is 5.77. The molecule has 0 unspecified atom stereocenters. The number of hydrogen-bond acceptors (Lipinski definition) is 6. The number of aliphatic hydroxyl groups excluding tert-OH is 1. The van der Waals surface area contributed by atoms with Crippen molar-refractivity contribution in [1.82, 2.24) is 9.97 Å². The van der Waals surface area contributed by atoms with E-state index in [-0.39, 0.29) is 31.9 Å². The summed E-state index contributed by atoms with van der Waals surface area (Å²) in [5.74, 6) is 0.445. The van der Waals surface area contributed by atoms with Crippen molar-refractivity contribution in [2.45, 2.75) is 19.8 Å². The van der Waals surface area contributed by atoms with Gasteiger partial charge < -0.3 is 20.5 Å². The summed E-state index contributed by atoms with van der Waals surface area (Å²) in [5, 5.41) is 14.8. The van der Waals surface area contributed by atoms with E-state index < -0.39 is 12.2 Å². The molecular formula is C23H25F3N4O2. The van der Waals surface area contributed by atoms with E-state index in [1.54, 1.807) is 38.4 Å². The molecule has 0 atom stereocenters. The number of hydrogen-bond donors (Lipinski definition) is 3. The highest BCUT2D eigenvalue weighted by atomic mass is 19.3. The Morgan fingerprint density at radius 3 is 2.66 bits per heavy atom. The minimum Gasteiger partial charge on any atom is -0.475 e. The zero-order chi connectivity index (χ0) is 23.1. The molecule has 2 heterocycles. The van der Waals surface area contributed by atoms with Crippen LogP contribution in [0.2, 0.25) is 0 Å². The van der Waals surface area contributed by atoms with Crippen LogP contribution in [0.15, 0.2) is 42.6 Å². The van der Waals surface area contributed by atoms with Crippen molar-refractivity contribution in [2.24, 2.45) is 0 Å². The Bertz CT molecular complexity index is 1060. The van der Waals surface area contributed by atoms with Gasteiger partial charge in [0.15, 0.2) is 0 Å². The number of alkyl halides is 2. The van der Waals surface area contributed by atoms with E-state index >= 15 is 0 Å². The van der Waals surface area contributed by atoms with Crippen LogP contribution in [0.3, 0.4) is 0 Å². The molecular weight excluding hydrogens is 421 g/mol. The van der Waals surface area contributed by atoms with E-state index in [1.165, 1.54) is 6.07 Å². The molecule has 0 bridgehead atoms. The number of nitrogens with zero attached hydrogens (tertiary/aromatic N) is 2. The highest BCUT2D eigenvalue weighted by Gasteiger charge is 2.14. The summed E-state index contributed by atoms with van der Waals surface area (Å²) in [7, 11) is 1.76. The van der Waals surface area contributed by atoms with E-state index in [1.807, 2.05) is 12.1 Å². The fourth-order valence-corrected chi connectivity index (χ4v) is 3.19. The average Bonchev–Trinajstić information content (AvgIpc) is 2.78. The Morgan fingerprint density at radius 1 is 1.12 bits per heavy atom.